The number of fused-ring (bicyclic) bond motifs is 2. The van der Waals surface area contributed by atoms with Gasteiger partial charge >= 0.3 is 5.97 Å². The molecule has 4 unspecified atom stereocenters. The third kappa shape index (κ3) is 1.90. The topological polar surface area (TPSA) is 66.8 Å². The summed E-state index contributed by atoms with van der Waals surface area (Å²) in [5.74, 6) is 0.376. The van der Waals surface area contributed by atoms with Gasteiger partial charge in [-0.05, 0) is 31.1 Å². The monoisotopic (exact) mass is 253 g/mol. The Morgan fingerprint density at radius 2 is 2.06 bits per heavy atom. The maximum Gasteiger partial charge on any atom is 0.328 e. The minimum Gasteiger partial charge on any atom is -0.480 e. The normalized spacial score (nSPS) is 39.0. The Morgan fingerprint density at radius 1 is 1.22 bits per heavy atom. The summed E-state index contributed by atoms with van der Waals surface area (Å²) >= 11 is 0. The zero-order valence-electron chi connectivity index (χ0n) is 10.4. The second-order valence-electron chi connectivity index (χ2n) is 5.74. The Bertz CT molecular complexity index is 370. The van der Waals surface area contributed by atoms with Crippen molar-refractivity contribution in [3.05, 3.63) is 0 Å². The molecule has 0 aromatic carbocycles. The minimum atomic E-state index is -0.953. The van der Waals surface area contributed by atoms with E-state index in [0.29, 0.717) is 25.0 Å². The third-order valence-corrected chi connectivity index (χ3v) is 4.75. The number of hydrogen-bond donors (Lipinski definition) is 1. The first-order valence-electron chi connectivity index (χ1n) is 6.78. The molecular formula is C13H19NO4. The van der Waals surface area contributed by atoms with Gasteiger partial charge in [-0.3, -0.25) is 4.79 Å². The molecule has 3 rings (SSSR count). The fourth-order valence-corrected chi connectivity index (χ4v) is 3.83. The predicted octanol–water partition coefficient (Wildman–Crippen LogP) is 0.735. The number of carbonyl (C=O) groups excluding carboxylic acids is 1. The van der Waals surface area contributed by atoms with E-state index < -0.39 is 12.0 Å². The van der Waals surface area contributed by atoms with Crippen molar-refractivity contribution in [2.75, 3.05) is 19.8 Å². The Kier molecular flexibility index (Phi) is 3.01. The molecular weight excluding hydrogens is 234 g/mol. The van der Waals surface area contributed by atoms with Gasteiger partial charge in [0.05, 0.1) is 13.2 Å². The number of morpholine rings is 1. The lowest BCUT2D eigenvalue weighted by atomic mass is 9.87. The minimum absolute atomic E-state index is 0.0536. The lowest BCUT2D eigenvalue weighted by molar-refractivity contribution is -0.161. The van der Waals surface area contributed by atoms with Crippen LogP contribution in [0.5, 0.6) is 0 Å². The van der Waals surface area contributed by atoms with Crippen molar-refractivity contribution >= 4 is 11.9 Å². The molecule has 0 aromatic rings. The lowest BCUT2D eigenvalue weighted by Crippen LogP contribution is -2.54. The zero-order chi connectivity index (χ0) is 12.7. The molecule has 0 spiro atoms. The molecule has 18 heavy (non-hydrogen) atoms. The lowest BCUT2D eigenvalue weighted by Gasteiger charge is -2.36. The van der Waals surface area contributed by atoms with Crippen molar-refractivity contribution < 1.29 is 19.4 Å². The zero-order valence-corrected chi connectivity index (χ0v) is 10.4. The number of nitrogens with zero attached hydrogens (tertiary/aromatic N) is 1. The molecule has 3 fully saturated rings. The highest BCUT2D eigenvalue weighted by atomic mass is 16.5. The Balaban J connectivity index is 1.72. The SMILES string of the molecule is O=C(O)C1COCCN1C(=O)C1CC2CCC1C2. The van der Waals surface area contributed by atoms with Gasteiger partial charge in [-0.25, -0.2) is 4.79 Å². The van der Waals surface area contributed by atoms with E-state index in [-0.39, 0.29) is 18.4 Å². The number of ether oxygens (including phenoxy) is 1. The van der Waals surface area contributed by atoms with E-state index in [9.17, 15) is 9.59 Å². The van der Waals surface area contributed by atoms with E-state index in [1.807, 2.05) is 0 Å². The molecule has 5 heteroatoms. The first-order chi connectivity index (χ1) is 8.66. The van der Waals surface area contributed by atoms with Crippen LogP contribution in [0.15, 0.2) is 0 Å². The Hall–Kier alpha value is -1.10. The quantitative estimate of drug-likeness (QED) is 0.788. The Morgan fingerprint density at radius 3 is 2.67 bits per heavy atom. The summed E-state index contributed by atoms with van der Waals surface area (Å²) < 4.78 is 5.17. The summed E-state index contributed by atoms with van der Waals surface area (Å²) in [6.45, 7) is 1.00. The van der Waals surface area contributed by atoms with Crippen LogP contribution in [0.3, 0.4) is 0 Å². The molecule has 1 amide bonds. The molecule has 0 radical (unpaired) electrons. The van der Waals surface area contributed by atoms with Crippen LogP contribution in [0.4, 0.5) is 0 Å². The number of carboxylic acids is 1. The summed E-state index contributed by atoms with van der Waals surface area (Å²) in [4.78, 5) is 25.2. The van der Waals surface area contributed by atoms with Gasteiger partial charge in [-0.1, -0.05) is 6.42 Å². The van der Waals surface area contributed by atoms with E-state index in [1.165, 1.54) is 17.7 Å². The molecule has 2 saturated carbocycles. The van der Waals surface area contributed by atoms with Crippen LogP contribution >= 0.6 is 0 Å². The summed E-state index contributed by atoms with van der Waals surface area (Å²) in [6.07, 6.45) is 4.52. The molecule has 5 nitrogen and oxygen atoms in total. The summed E-state index contributed by atoms with van der Waals surface area (Å²) in [5, 5.41) is 9.16. The molecule has 1 heterocycles. The molecule has 1 saturated heterocycles. The predicted molar refractivity (Wildman–Crippen MR) is 62.9 cm³/mol. The van der Waals surface area contributed by atoms with Crippen molar-refractivity contribution in [1.82, 2.24) is 4.90 Å². The fraction of sp³-hybridized carbons (Fsp3) is 0.846. The maximum atomic E-state index is 12.5. The average Bonchev–Trinajstić information content (AvgIpc) is 3.00. The van der Waals surface area contributed by atoms with Crippen LogP contribution in [-0.2, 0) is 14.3 Å². The van der Waals surface area contributed by atoms with E-state index in [1.54, 1.807) is 0 Å². The fourth-order valence-electron chi connectivity index (χ4n) is 3.83. The van der Waals surface area contributed by atoms with Gasteiger partial charge in [0.15, 0.2) is 6.04 Å². The van der Waals surface area contributed by atoms with E-state index in [4.69, 9.17) is 9.84 Å². The Labute approximate surface area is 106 Å². The van der Waals surface area contributed by atoms with Crippen molar-refractivity contribution in [2.45, 2.75) is 31.7 Å². The van der Waals surface area contributed by atoms with Gasteiger partial charge < -0.3 is 14.7 Å². The number of carboxylic acid groups (broad SMARTS) is 1. The van der Waals surface area contributed by atoms with Gasteiger partial charge in [0, 0.05) is 12.5 Å². The first kappa shape index (κ1) is 12.0. The van der Waals surface area contributed by atoms with Crippen molar-refractivity contribution in [3.8, 4) is 0 Å². The summed E-state index contributed by atoms with van der Waals surface area (Å²) in [7, 11) is 0. The first-order valence-corrected chi connectivity index (χ1v) is 6.78. The third-order valence-electron chi connectivity index (χ3n) is 4.75. The molecule has 100 valence electrons. The van der Waals surface area contributed by atoms with Gasteiger partial charge in [0.2, 0.25) is 5.91 Å². The van der Waals surface area contributed by atoms with E-state index in [2.05, 4.69) is 0 Å². The van der Waals surface area contributed by atoms with Crippen LogP contribution in [0.25, 0.3) is 0 Å². The summed E-state index contributed by atoms with van der Waals surface area (Å²) in [5.41, 5.74) is 0. The summed E-state index contributed by atoms with van der Waals surface area (Å²) in [6, 6.07) is -0.787. The van der Waals surface area contributed by atoms with Crippen LogP contribution in [0.2, 0.25) is 0 Å². The number of aliphatic carboxylic acids is 1. The van der Waals surface area contributed by atoms with Crippen molar-refractivity contribution in [3.63, 3.8) is 0 Å². The highest BCUT2D eigenvalue weighted by Gasteiger charge is 2.46. The number of hydrogen-bond acceptors (Lipinski definition) is 3. The number of rotatable bonds is 2. The largest absolute Gasteiger partial charge is 0.480 e. The van der Waals surface area contributed by atoms with Crippen LogP contribution in [0, 0.1) is 17.8 Å². The van der Waals surface area contributed by atoms with E-state index in [0.717, 1.165) is 12.8 Å². The van der Waals surface area contributed by atoms with Gasteiger partial charge in [-0.2, -0.15) is 0 Å². The van der Waals surface area contributed by atoms with Crippen molar-refractivity contribution in [1.29, 1.82) is 0 Å². The average molecular weight is 253 g/mol. The second-order valence-corrected chi connectivity index (χ2v) is 5.74. The molecule has 2 bridgehead atoms. The smallest absolute Gasteiger partial charge is 0.328 e. The second kappa shape index (κ2) is 4.53. The molecule has 1 N–H and O–H groups in total. The van der Waals surface area contributed by atoms with Gasteiger partial charge in [-0.15, -0.1) is 0 Å². The highest BCUT2D eigenvalue weighted by molar-refractivity contribution is 5.85. The molecule has 4 atom stereocenters. The van der Waals surface area contributed by atoms with E-state index >= 15 is 0 Å². The number of amides is 1. The van der Waals surface area contributed by atoms with Crippen LogP contribution < -0.4 is 0 Å². The van der Waals surface area contributed by atoms with Crippen LogP contribution in [0.1, 0.15) is 25.7 Å². The molecule has 1 aliphatic heterocycles. The standard InChI is InChI=1S/C13H19NO4/c15-12(10-6-8-1-2-9(10)5-8)14-3-4-18-7-11(14)13(16)17/h8-11H,1-7H2,(H,16,17). The van der Waals surface area contributed by atoms with Gasteiger partial charge in [0.25, 0.3) is 0 Å². The molecule has 3 aliphatic rings. The number of carbonyl (C=O) groups is 2. The molecule has 0 aromatic heterocycles. The molecule has 2 aliphatic carbocycles. The van der Waals surface area contributed by atoms with Crippen molar-refractivity contribution in [2.24, 2.45) is 17.8 Å². The highest BCUT2D eigenvalue weighted by Crippen LogP contribution is 2.49. The van der Waals surface area contributed by atoms with Gasteiger partial charge in [0.1, 0.15) is 0 Å². The maximum absolute atomic E-state index is 12.5. The van der Waals surface area contributed by atoms with Crippen LogP contribution in [-0.4, -0.2) is 47.7 Å².